The number of hydrogen-bond acceptors (Lipinski definition) is 4. The zero-order valence-corrected chi connectivity index (χ0v) is 13.1. The molecule has 1 aromatic rings. The average molecular weight is 280 g/mol. The molecule has 0 aliphatic rings. The van der Waals surface area contributed by atoms with Gasteiger partial charge in [-0.15, -0.1) is 0 Å². The number of aromatic hydroxyl groups is 1. The maximum Gasteiger partial charge on any atom is 0.120 e. The molecular weight excluding hydrogens is 252 g/mol. The van der Waals surface area contributed by atoms with Crippen molar-refractivity contribution in [1.29, 1.82) is 0 Å². The molecule has 0 fully saturated rings. The van der Waals surface area contributed by atoms with E-state index >= 15 is 0 Å². The predicted octanol–water partition coefficient (Wildman–Crippen LogP) is 2.78. The average Bonchev–Trinajstić information content (AvgIpc) is 2.47. The van der Waals surface area contributed by atoms with E-state index in [1.807, 2.05) is 6.07 Å². The SMILES string of the molecule is CCN(CC)CCCNC(C)c1cc(OC)ccc1O. The Kier molecular flexibility index (Phi) is 7.41. The molecule has 1 aromatic carbocycles. The predicted molar refractivity (Wildman–Crippen MR) is 83.5 cm³/mol. The Morgan fingerprint density at radius 2 is 2.00 bits per heavy atom. The molecule has 1 unspecified atom stereocenters. The highest BCUT2D eigenvalue weighted by atomic mass is 16.5. The van der Waals surface area contributed by atoms with Crippen molar-refractivity contribution in [1.82, 2.24) is 10.2 Å². The summed E-state index contributed by atoms with van der Waals surface area (Å²) in [5, 5.41) is 13.4. The molecule has 0 saturated heterocycles. The molecular formula is C16H28N2O2. The van der Waals surface area contributed by atoms with Crippen molar-refractivity contribution in [3.8, 4) is 11.5 Å². The summed E-state index contributed by atoms with van der Waals surface area (Å²) >= 11 is 0. The Labute approximate surface area is 122 Å². The molecule has 0 amide bonds. The highest BCUT2D eigenvalue weighted by Crippen LogP contribution is 2.28. The van der Waals surface area contributed by atoms with E-state index in [2.05, 4.69) is 31.0 Å². The minimum Gasteiger partial charge on any atom is -0.508 e. The van der Waals surface area contributed by atoms with Crippen molar-refractivity contribution in [3.05, 3.63) is 23.8 Å². The Balaban J connectivity index is 2.44. The lowest BCUT2D eigenvalue weighted by molar-refractivity contribution is 0.296. The van der Waals surface area contributed by atoms with Gasteiger partial charge in [0.05, 0.1) is 7.11 Å². The number of phenols is 1. The minimum absolute atomic E-state index is 0.113. The molecule has 0 saturated carbocycles. The Morgan fingerprint density at radius 3 is 2.60 bits per heavy atom. The molecule has 0 aliphatic carbocycles. The first kappa shape index (κ1) is 16.8. The number of methoxy groups -OCH3 is 1. The molecule has 0 bridgehead atoms. The van der Waals surface area contributed by atoms with Crippen LogP contribution in [0.15, 0.2) is 18.2 Å². The second kappa shape index (κ2) is 8.82. The van der Waals surface area contributed by atoms with Crippen LogP contribution in [0.3, 0.4) is 0 Å². The number of ether oxygens (including phenoxy) is 1. The van der Waals surface area contributed by atoms with E-state index in [9.17, 15) is 5.11 Å². The van der Waals surface area contributed by atoms with Crippen molar-refractivity contribution in [2.24, 2.45) is 0 Å². The van der Waals surface area contributed by atoms with Crippen molar-refractivity contribution < 1.29 is 9.84 Å². The van der Waals surface area contributed by atoms with Gasteiger partial charge in [0.1, 0.15) is 11.5 Å². The molecule has 2 N–H and O–H groups in total. The fourth-order valence-corrected chi connectivity index (χ4v) is 2.28. The van der Waals surface area contributed by atoms with Crippen LogP contribution in [-0.4, -0.2) is 43.3 Å². The van der Waals surface area contributed by atoms with Gasteiger partial charge >= 0.3 is 0 Å². The Hall–Kier alpha value is -1.26. The lowest BCUT2D eigenvalue weighted by atomic mass is 10.1. The summed E-state index contributed by atoms with van der Waals surface area (Å²) in [6.45, 7) is 10.7. The molecule has 4 heteroatoms. The van der Waals surface area contributed by atoms with E-state index in [0.717, 1.165) is 43.9 Å². The molecule has 0 aromatic heterocycles. The monoisotopic (exact) mass is 280 g/mol. The van der Waals surface area contributed by atoms with E-state index in [0.29, 0.717) is 5.75 Å². The standard InChI is InChI=1S/C16H28N2O2/c1-5-18(6-2)11-7-10-17-13(3)15-12-14(20-4)8-9-16(15)19/h8-9,12-13,17,19H,5-7,10-11H2,1-4H3. The van der Waals surface area contributed by atoms with E-state index in [1.165, 1.54) is 0 Å². The molecule has 0 heterocycles. The van der Waals surface area contributed by atoms with Gasteiger partial charge in [-0.1, -0.05) is 13.8 Å². The number of nitrogens with one attached hydrogen (secondary N) is 1. The summed E-state index contributed by atoms with van der Waals surface area (Å²) in [4.78, 5) is 2.41. The van der Waals surface area contributed by atoms with Gasteiger partial charge in [-0.2, -0.15) is 0 Å². The summed E-state index contributed by atoms with van der Waals surface area (Å²) in [6, 6.07) is 5.45. The van der Waals surface area contributed by atoms with Gasteiger partial charge in [-0.25, -0.2) is 0 Å². The van der Waals surface area contributed by atoms with Crippen molar-refractivity contribution in [2.75, 3.05) is 33.3 Å². The van der Waals surface area contributed by atoms with Crippen LogP contribution in [0.25, 0.3) is 0 Å². The largest absolute Gasteiger partial charge is 0.508 e. The maximum atomic E-state index is 9.92. The van der Waals surface area contributed by atoms with E-state index in [1.54, 1.807) is 19.2 Å². The third kappa shape index (κ3) is 5.02. The molecule has 0 aliphatic heterocycles. The van der Waals surface area contributed by atoms with Crippen LogP contribution in [0, 0.1) is 0 Å². The third-order valence-electron chi connectivity index (χ3n) is 3.70. The molecule has 0 radical (unpaired) electrons. The van der Waals surface area contributed by atoms with E-state index in [-0.39, 0.29) is 6.04 Å². The van der Waals surface area contributed by atoms with Crippen LogP contribution in [-0.2, 0) is 0 Å². The van der Waals surface area contributed by atoms with Crippen LogP contribution in [0.4, 0.5) is 0 Å². The highest BCUT2D eigenvalue weighted by molar-refractivity contribution is 5.41. The smallest absolute Gasteiger partial charge is 0.120 e. The van der Waals surface area contributed by atoms with Gasteiger partial charge < -0.3 is 20.1 Å². The lowest BCUT2D eigenvalue weighted by Gasteiger charge is -2.20. The summed E-state index contributed by atoms with van der Waals surface area (Å²) in [6.07, 6.45) is 1.11. The van der Waals surface area contributed by atoms with Crippen LogP contribution in [0.1, 0.15) is 38.8 Å². The van der Waals surface area contributed by atoms with Gasteiger partial charge in [0.15, 0.2) is 0 Å². The number of phenolic OH excluding ortho intramolecular Hbond substituents is 1. The van der Waals surface area contributed by atoms with Gasteiger partial charge in [0.25, 0.3) is 0 Å². The van der Waals surface area contributed by atoms with Gasteiger partial charge in [-0.3, -0.25) is 0 Å². The summed E-state index contributed by atoms with van der Waals surface area (Å²) in [5.41, 5.74) is 0.882. The van der Waals surface area contributed by atoms with Crippen LogP contribution >= 0.6 is 0 Å². The molecule has 1 rings (SSSR count). The topological polar surface area (TPSA) is 44.7 Å². The first-order chi connectivity index (χ1) is 9.62. The number of rotatable bonds is 9. The van der Waals surface area contributed by atoms with Gasteiger partial charge in [-0.05, 0) is 57.7 Å². The van der Waals surface area contributed by atoms with E-state index < -0.39 is 0 Å². The van der Waals surface area contributed by atoms with Crippen LogP contribution in [0.2, 0.25) is 0 Å². The lowest BCUT2D eigenvalue weighted by Crippen LogP contribution is -2.28. The van der Waals surface area contributed by atoms with Gasteiger partial charge in [0, 0.05) is 11.6 Å². The Morgan fingerprint density at radius 1 is 1.30 bits per heavy atom. The molecule has 1 atom stereocenters. The maximum absolute atomic E-state index is 9.92. The Bertz CT molecular complexity index is 392. The number of hydrogen-bond donors (Lipinski definition) is 2. The van der Waals surface area contributed by atoms with Crippen molar-refractivity contribution in [2.45, 2.75) is 33.2 Å². The fraction of sp³-hybridized carbons (Fsp3) is 0.625. The summed E-state index contributed by atoms with van der Waals surface area (Å²) in [7, 11) is 1.64. The normalized spacial score (nSPS) is 12.7. The summed E-state index contributed by atoms with van der Waals surface area (Å²) < 4.78 is 5.20. The molecule has 0 spiro atoms. The van der Waals surface area contributed by atoms with Crippen LogP contribution in [0.5, 0.6) is 11.5 Å². The quantitative estimate of drug-likeness (QED) is 0.683. The number of nitrogens with zero attached hydrogens (tertiary/aromatic N) is 1. The van der Waals surface area contributed by atoms with Crippen molar-refractivity contribution >= 4 is 0 Å². The van der Waals surface area contributed by atoms with E-state index in [4.69, 9.17) is 4.74 Å². The second-order valence-corrected chi connectivity index (χ2v) is 4.98. The third-order valence-corrected chi connectivity index (χ3v) is 3.70. The molecule has 4 nitrogen and oxygen atoms in total. The van der Waals surface area contributed by atoms with Gasteiger partial charge in [0.2, 0.25) is 0 Å². The number of benzene rings is 1. The summed E-state index contributed by atoms with van der Waals surface area (Å²) in [5.74, 6) is 1.09. The zero-order chi connectivity index (χ0) is 15.0. The second-order valence-electron chi connectivity index (χ2n) is 4.98. The zero-order valence-electron chi connectivity index (χ0n) is 13.1. The minimum atomic E-state index is 0.113. The van der Waals surface area contributed by atoms with Crippen molar-refractivity contribution in [3.63, 3.8) is 0 Å². The highest BCUT2D eigenvalue weighted by Gasteiger charge is 2.11. The first-order valence-electron chi connectivity index (χ1n) is 7.45. The first-order valence-corrected chi connectivity index (χ1v) is 7.45. The fourth-order valence-electron chi connectivity index (χ4n) is 2.28. The van der Waals surface area contributed by atoms with Crippen LogP contribution < -0.4 is 10.1 Å². The molecule has 20 heavy (non-hydrogen) atoms. The molecule has 114 valence electrons.